The summed E-state index contributed by atoms with van der Waals surface area (Å²) in [7, 11) is 0. The molecular weight excluding hydrogens is 294 g/mol. The van der Waals surface area contributed by atoms with Crippen molar-refractivity contribution in [3.05, 3.63) is 90.5 Å². The summed E-state index contributed by atoms with van der Waals surface area (Å²) in [4.78, 5) is 4.90. The summed E-state index contributed by atoms with van der Waals surface area (Å²) in [5.41, 5.74) is 3.40. The molecule has 1 fully saturated rings. The zero-order valence-corrected chi connectivity index (χ0v) is 13.4. The summed E-state index contributed by atoms with van der Waals surface area (Å²) >= 11 is 0. The van der Waals surface area contributed by atoms with Crippen LogP contribution in [-0.2, 0) is 0 Å². The first kappa shape index (κ1) is 14.7. The van der Waals surface area contributed by atoms with E-state index in [1.807, 2.05) is 60.7 Å². The van der Waals surface area contributed by atoms with Gasteiger partial charge in [-0.1, -0.05) is 48.5 Å². The van der Waals surface area contributed by atoms with Crippen molar-refractivity contribution in [1.29, 1.82) is 0 Å². The van der Waals surface area contributed by atoms with Gasteiger partial charge in [0.15, 0.2) is 0 Å². The van der Waals surface area contributed by atoms with Gasteiger partial charge in [0.25, 0.3) is 0 Å². The lowest BCUT2D eigenvalue weighted by atomic mass is 10.1. The van der Waals surface area contributed by atoms with E-state index in [1.54, 1.807) is 0 Å². The third-order valence-corrected chi connectivity index (χ3v) is 4.10. The number of hydrogen-bond acceptors (Lipinski definition) is 2. The Labute approximate surface area is 142 Å². The first-order valence-corrected chi connectivity index (χ1v) is 8.35. The van der Waals surface area contributed by atoms with Crippen molar-refractivity contribution in [3.8, 4) is 11.5 Å². The van der Waals surface area contributed by atoms with Crippen LogP contribution in [-0.4, -0.2) is 5.71 Å². The molecule has 0 heterocycles. The minimum absolute atomic E-state index is 0.604. The lowest BCUT2D eigenvalue weighted by Crippen LogP contribution is -2.02. The van der Waals surface area contributed by atoms with E-state index in [0.29, 0.717) is 5.92 Å². The van der Waals surface area contributed by atoms with Crippen LogP contribution in [0, 0.1) is 5.92 Å². The first-order valence-electron chi connectivity index (χ1n) is 8.35. The topological polar surface area (TPSA) is 21.6 Å². The van der Waals surface area contributed by atoms with Crippen LogP contribution in [0.4, 0.5) is 5.69 Å². The Balaban J connectivity index is 1.55. The van der Waals surface area contributed by atoms with Crippen LogP contribution >= 0.6 is 0 Å². The molecule has 3 aromatic carbocycles. The molecule has 0 saturated heterocycles. The molecule has 0 bridgehead atoms. The normalized spacial score (nSPS) is 14.4. The van der Waals surface area contributed by atoms with Crippen molar-refractivity contribution in [3.63, 3.8) is 0 Å². The fourth-order valence-electron chi connectivity index (χ4n) is 2.71. The monoisotopic (exact) mass is 313 g/mol. The molecule has 4 rings (SSSR count). The molecule has 24 heavy (non-hydrogen) atoms. The van der Waals surface area contributed by atoms with E-state index in [-0.39, 0.29) is 0 Å². The lowest BCUT2D eigenvalue weighted by molar-refractivity contribution is 0.483. The molecule has 0 aliphatic heterocycles. The molecule has 118 valence electrons. The molecule has 2 heteroatoms. The highest BCUT2D eigenvalue weighted by molar-refractivity contribution is 6.04. The standard InChI is InChI=1S/C22H19NO/c1-3-7-17(8-4-1)22(18-11-12-18)23-19-13-15-21(16-14-19)24-20-9-5-2-6-10-20/h1-10,13-16,18H,11-12H2. The number of ether oxygens (including phenoxy) is 1. The van der Waals surface area contributed by atoms with E-state index >= 15 is 0 Å². The Kier molecular flexibility index (Phi) is 4.11. The number of rotatable bonds is 5. The Hall–Kier alpha value is -2.87. The molecule has 0 atom stereocenters. The smallest absolute Gasteiger partial charge is 0.127 e. The highest BCUT2D eigenvalue weighted by atomic mass is 16.5. The van der Waals surface area contributed by atoms with Crippen LogP contribution in [0.2, 0.25) is 0 Å². The average Bonchev–Trinajstić information content (AvgIpc) is 3.48. The van der Waals surface area contributed by atoms with Gasteiger partial charge in [-0.15, -0.1) is 0 Å². The maximum absolute atomic E-state index is 5.83. The third kappa shape index (κ3) is 3.54. The molecular formula is C22H19NO. The quantitative estimate of drug-likeness (QED) is 0.529. The van der Waals surface area contributed by atoms with Gasteiger partial charge in [-0.05, 0) is 54.8 Å². The molecule has 0 amide bonds. The second kappa shape index (κ2) is 6.71. The fraction of sp³-hybridized carbons (Fsp3) is 0.136. The highest BCUT2D eigenvalue weighted by Crippen LogP contribution is 2.35. The molecule has 0 radical (unpaired) electrons. The van der Waals surface area contributed by atoms with Crippen molar-refractivity contribution in [2.45, 2.75) is 12.8 Å². The predicted molar refractivity (Wildman–Crippen MR) is 98.3 cm³/mol. The van der Waals surface area contributed by atoms with E-state index in [2.05, 4.69) is 24.3 Å². The van der Waals surface area contributed by atoms with Gasteiger partial charge in [0.1, 0.15) is 11.5 Å². The van der Waals surface area contributed by atoms with Crippen molar-refractivity contribution in [2.75, 3.05) is 0 Å². The van der Waals surface area contributed by atoms with Crippen LogP contribution < -0.4 is 4.74 Å². The molecule has 1 aliphatic rings. The lowest BCUT2D eigenvalue weighted by Gasteiger charge is -2.07. The molecule has 1 aliphatic carbocycles. The summed E-state index contributed by atoms with van der Waals surface area (Å²) in [6.45, 7) is 0. The van der Waals surface area contributed by atoms with E-state index in [4.69, 9.17) is 9.73 Å². The minimum atomic E-state index is 0.604. The van der Waals surface area contributed by atoms with Gasteiger partial charge < -0.3 is 4.74 Å². The maximum Gasteiger partial charge on any atom is 0.127 e. The molecule has 1 saturated carbocycles. The van der Waals surface area contributed by atoms with Crippen LogP contribution in [0.15, 0.2) is 89.9 Å². The Morgan fingerprint density at radius 1 is 0.708 bits per heavy atom. The van der Waals surface area contributed by atoms with E-state index in [0.717, 1.165) is 17.2 Å². The van der Waals surface area contributed by atoms with Gasteiger partial charge in [0.2, 0.25) is 0 Å². The maximum atomic E-state index is 5.83. The van der Waals surface area contributed by atoms with Crippen LogP contribution in [0.25, 0.3) is 0 Å². The van der Waals surface area contributed by atoms with Gasteiger partial charge in [0.05, 0.1) is 11.4 Å². The summed E-state index contributed by atoms with van der Waals surface area (Å²) in [6, 6.07) is 28.3. The van der Waals surface area contributed by atoms with Crippen molar-refractivity contribution in [2.24, 2.45) is 10.9 Å². The number of hydrogen-bond donors (Lipinski definition) is 0. The van der Waals surface area contributed by atoms with E-state index in [1.165, 1.54) is 24.1 Å². The van der Waals surface area contributed by atoms with Crippen molar-refractivity contribution < 1.29 is 4.74 Å². The Morgan fingerprint density at radius 3 is 1.92 bits per heavy atom. The van der Waals surface area contributed by atoms with Gasteiger partial charge in [-0.3, -0.25) is 4.99 Å². The zero-order chi connectivity index (χ0) is 16.2. The van der Waals surface area contributed by atoms with Gasteiger partial charge in [0, 0.05) is 5.92 Å². The summed E-state index contributed by atoms with van der Waals surface area (Å²) in [5.74, 6) is 2.28. The van der Waals surface area contributed by atoms with Gasteiger partial charge in [-0.25, -0.2) is 0 Å². The highest BCUT2D eigenvalue weighted by Gasteiger charge is 2.28. The summed E-state index contributed by atoms with van der Waals surface area (Å²) in [6.07, 6.45) is 2.48. The third-order valence-electron chi connectivity index (χ3n) is 4.10. The Bertz CT molecular complexity index is 819. The fourth-order valence-corrected chi connectivity index (χ4v) is 2.71. The Morgan fingerprint density at radius 2 is 1.29 bits per heavy atom. The molecule has 3 aromatic rings. The van der Waals surface area contributed by atoms with Gasteiger partial charge >= 0.3 is 0 Å². The summed E-state index contributed by atoms with van der Waals surface area (Å²) in [5, 5.41) is 0. The molecule has 0 unspecified atom stereocenters. The molecule has 2 nitrogen and oxygen atoms in total. The minimum Gasteiger partial charge on any atom is -0.457 e. The van der Waals surface area contributed by atoms with Gasteiger partial charge in [-0.2, -0.15) is 0 Å². The second-order valence-corrected chi connectivity index (χ2v) is 6.05. The second-order valence-electron chi connectivity index (χ2n) is 6.05. The molecule has 0 spiro atoms. The number of benzene rings is 3. The number of para-hydroxylation sites is 1. The predicted octanol–water partition coefficient (Wildman–Crippen LogP) is 6.01. The first-order chi connectivity index (χ1) is 11.9. The van der Waals surface area contributed by atoms with Crippen LogP contribution in [0.3, 0.4) is 0 Å². The number of nitrogens with zero attached hydrogens (tertiary/aromatic N) is 1. The van der Waals surface area contributed by atoms with Crippen molar-refractivity contribution in [1.82, 2.24) is 0 Å². The van der Waals surface area contributed by atoms with Crippen molar-refractivity contribution >= 4 is 11.4 Å². The van der Waals surface area contributed by atoms with E-state index < -0.39 is 0 Å². The molecule has 0 aromatic heterocycles. The number of aliphatic imine (C=N–C) groups is 1. The molecule has 0 N–H and O–H groups in total. The van der Waals surface area contributed by atoms with E-state index in [9.17, 15) is 0 Å². The van der Waals surface area contributed by atoms with Crippen LogP contribution in [0.1, 0.15) is 18.4 Å². The summed E-state index contributed by atoms with van der Waals surface area (Å²) < 4.78 is 5.83. The average molecular weight is 313 g/mol. The SMILES string of the molecule is c1ccc(Oc2ccc(N=C(c3ccccc3)C3CC3)cc2)cc1. The largest absolute Gasteiger partial charge is 0.457 e. The van der Waals surface area contributed by atoms with Crippen LogP contribution in [0.5, 0.6) is 11.5 Å². The zero-order valence-electron chi connectivity index (χ0n) is 13.4.